The van der Waals surface area contributed by atoms with Crippen molar-refractivity contribution in [3.05, 3.63) is 34.9 Å². The average molecular weight is 297 g/mol. The largest absolute Gasteiger partial charge is 0.395 e. The van der Waals surface area contributed by atoms with Gasteiger partial charge in [0.05, 0.1) is 12.6 Å². The van der Waals surface area contributed by atoms with E-state index in [4.69, 9.17) is 17.3 Å². The summed E-state index contributed by atoms with van der Waals surface area (Å²) in [6.07, 6.45) is 4.62. The number of aliphatic hydroxyl groups is 1. The Morgan fingerprint density at radius 2 is 2.00 bits per heavy atom. The van der Waals surface area contributed by atoms with Crippen LogP contribution < -0.4 is 5.73 Å². The van der Waals surface area contributed by atoms with Gasteiger partial charge in [-0.3, -0.25) is 4.90 Å². The van der Waals surface area contributed by atoms with Gasteiger partial charge in [0, 0.05) is 23.7 Å². The highest BCUT2D eigenvalue weighted by atomic mass is 35.5. The van der Waals surface area contributed by atoms with Crippen molar-refractivity contribution in [1.29, 1.82) is 0 Å². The molecule has 3 nitrogen and oxygen atoms in total. The lowest BCUT2D eigenvalue weighted by Gasteiger charge is -2.44. The molecule has 0 radical (unpaired) electrons. The lowest BCUT2D eigenvalue weighted by molar-refractivity contribution is 0.0473. The molecule has 0 spiro atoms. The van der Waals surface area contributed by atoms with Gasteiger partial charge in [0.1, 0.15) is 0 Å². The minimum atomic E-state index is 0.0725. The van der Waals surface area contributed by atoms with Gasteiger partial charge in [-0.1, -0.05) is 37.1 Å². The Labute approximate surface area is 126 Å². The van der Waals surface area contributed by atoms with Crippen LogP contribution in [0.3, 0.4) is 0 Å². The molecule has 0 aliphatic heterocycles. The van der Waals surface area contributed by atoms with Crippen LogP contribution in [0.15, 0.2) is 24.3 Å². The molecule has 0 heterocycles. The van der Waals surface area contributed by atoms with E-state index >= 15 is 0 Å². The quantitative estimate of drug-likeness (QED) is 0.813. The molecule has 0 bridgehead atoms. The maximum absolute atomic E-state index is 9.40. The number of hydrogen-bond donors (Lipinski definition) is 2. The fraction of sp³-hybridized carbons (Fsp3) is 0.625. The summed E-state index contributed by atoms with van der Waals surface area (Å²) < 4.78 is 0. The smallest absolute Gasteiger partial charge is 0.0558 e. The van der Waals surface area contributed by atoms with Crippen LogP contribution in [0.1, 0.15) is 44.2 Å². The minimum Gasteiger partial charge on any atom is -0.395 e. The number of nitrogens with zero attached hydrogens (tertiary/aromatic N) is 1. The van der Waals surface area contributed by atoms with Gasteiger partial charge in [-0.05, 0) is 37.0 Å². The standard InChI is InChI=1S/C16H25ClN2O/c1-2-15(18)16(12-6-8-13(17)9-7-12)19(10-11-20)14-4-3-5-14/h6-9,14-16,20H,2-5,10-11,18H2,1H3. The van der Waals surface area contributed by atoms with Crippen molar-refractivity contribution in [3.63, 3.8) is 0 Å². The molecular formula is C16H25ClN2O. The van der Waals surface area contributed by atoms with Crippen LogP contribution in [-0.4, -0.2) is 35.2 Å². The summed E-state index contributed by atoms with van der Waals surface area (Å²) in [6.45, 7) is 2.98. The third-order valence-corrected chi connectivity index (χ3v) is 4.60. The summed E-state index contributed by atoms with van der Waals surface area (Å²) in [5, 5.41) is 10.1. The highest BCUT2D eigenvalue weighted by molar-refractivity contribution is 6.30. The predicted molar refractivity (Wildman–Crippen MR) is 83.9 cm³/mol. The molecular weight excluding hydrogens is 272 g/mol. The Bertz CT molecular complexity index is 405. The molecule has 1 aromatic carbocycles. The topological polar surface area (TPSA) is 49.5 Å². The second kappa shape index (κ2) is 7.41. The van der Waals surface area contributed by atoms with E-state index in [-0.39, 0.29) is 18.7 Å². The first-order valence-corrected chi connectivity index (χ1v) is 7.92. The predicted octanol–water partition coefficient (Wildman–Crippen LogP) is 2.97. The van der Waals surface area contributed by atoms with E-state index in [2.05, 4.69) is 24.0 Å². The molecule has 1 aliphatic carbocycles. The molecule has 3 N–H and O–H groups in total. The molecule has 0 aromatic heterocycles. The van der Waals surface area contributed by atoms with Crippen molar-refractivity contribution < 1.29 is 5.11 Å². The summed E-state index contributed by atoms with van der Waals surface area (Å²) in [4.78, 5) is 2.39. The first-order chi connectivity index (χ1) is 9.67. The third-order valence-electron chi connectivity index (χ3n) is 4.35. The summed E-state index contributed by atoms with van der Waals surface area (Å²) >= 11 is 5.99. The second-order valence-corrected chi connectivity index (χ2v) is 6.05. The monoisotopic (exact) mass is 296 g/mol. The van der Waals surface area contributed by atoms with E-state index in [1.807, 2.05) is 12.1 Å². The zero-order valence-electron chi connectivity index (χ0n) is 12.1. The van der Waals surface area contributed by atoms with E-state index in [1.165, 1.54) is 24.8 Å². The number of nitrogens with two attached hydrogens (primary N) is 1. The van der Waals surface area contributed by atoms with E-state index in [1.54, 1.807) is 0 Å². The van der Waals surface area contributed by atoms with Crippen molar-refractivity contribution in [2.45, 2.75) is 50.7 Å². The summed E-state index contributed by atoms with van der Waals surface area (Å²) in [7, 11) is 0. The lowest BCUT2D eigenvalue weighted by Crippen LogP contribution is -2.49. The number of benzene rings is 1. The lowest BCUT2D eigenvalue weighted by atomic mass is 9.87. The highest BCUT2D eigenvalue weighted by Gasteiger charge is 2.33. The molecule has 4 heteroatoms. The molecule has 112 valence electrons. The first-order valence-electron chi connectivity index (χ1n) is 7.55. The van der Waals surface area contributed by atoms with Crippen molar-refractivity contribution in [2.24, 2.45) is 5.73 Å². The van der Waals surface area contributed by atoms with E-state index in [0.29, 0.717) is 12.6 Å². The van der Waals surface area contributed by atoms with Crippen molar-refractivity contribution in [1.82, 2.24) is 4.90 Å². The summed E-state index contributed by atoms with van der Waals surface area (Å²) in [6, 6.07) is 8.75. The number of rotatable bonds is 7. The first kappa shape index (κ1) is 15.8. The van der Waals surface area contributed by atoms with Crippen LogP contribution in [0.4, 0.5) is 0 Å². The fourth-order valence-electron chi connectivity index (χ4n) is 2.95. The van der Waals surface area contributed by atoms with Gasteiger partial charge in [0.25, 0.3) is 0 Å². The van der Waals surface area contributed by atoms with Crippen LogP contribution in [0.5, 0.6) is 0 Å². The number of aliphatic hydroxyl groups excluding tert-OH is 1. The molecule has 2 rings (SSSR count). The van der Waals surface area contributed by atoms with Gasteiger partial charge in [0.15, 0.2) is 0 Å². The second-order valence-electron chi connectivity index (χ2n) is 5.61. The summed E-state index contributed by atoms with van der Waals surface area (Å²) in [5.74, 6) is 0. The fourth-order valence-corrected chi connectivity index (χ4v) is 3.08. The van der Waals surface area contributed by atoms with Crippen molar-refractivity contribution >= 4 is 11.6 Å². The van der Waals surface area contributed by atoms with Gasteiger partial charge in [-0.25, -0.2) is 0 Å². The van der Waals surface area contributed by atoms with Gasteiger partial charge in [-0.15, -0.1) is 0 Å². The minimum absolute atomic E-state index is 0.0725. The number of halogens is 1. The Hall–Kier alpha value is -0.610. The molecule has 1 fully saturated rings. The maximum atomic E-state index is 9.40. The van der Waals surface area contributed by atoms with Crippen molar-refractivity contribution in [3.8, 4) is 0 Å². The molecule has 0 amide bonds. The zero-order chi connectivity index (χ0) is 14.5. The Morgan fingerprint density at radius 1 is 1.35 bits per heavy atom. The Morgan fingerprint density at radius 3 is 2.45 bits per heavy atom. The van der Waals surface area contributed by atoms with E-state index in [0.717, 1.165) is 11.4 Å². The highest BCUT2D eigenvalue weighted by Crippen LogP contribution is 2.34. The molecule has 1 saturated carbocycles. The van der Waals surface area contributed by atoms with Gasteiger partial charge in [0.2, 0.25) is 0 Å². The number of hydrogen-bond acceptors (Lipinski definition) is 3. The van der Waals surface area contributed by atoms with E-state index < -0.39 is 0 Å². The van der Waals surface area contributed by atoms with Gasteiger partial charge >= 0.3 is 0 Å². The van der Waals surface area contributed by atoms with Crippen LogP contribution in [-0.2, 0) is 0 Å². The Balaban J connectivity index is 2.26. The van der Waals surface area contributed by atoms with Crippen LogP contribution >= 0.6 is 11.6 Å². The normalized spacial score (nSPS) is 18.9. The molecule has 2 unspecified atom stereocenters. The van der Waals surface area contributed by atoms with Gasteiger partial charge in [-0.2, -0.15) is 0 Å². The van der Waals surface area contributed by atoms with E-state index in [9.17, 15) is 5.11 Å². The molecule has 20 heavy (non-hydrogen) atoms. The Kier molecular flexibility index (Phi) is 5.85. The van der Waals surface area contributed by atoms with Gasteiger partial charge < -0.3 is 10.8 Å². The SMILES string of the molecule is CCC(N)C(c1ccc(Cl)cc1)N(CCO)C1CCC1. The molecule has 0 saturated heterocycles. The maximum Gasteiger partial charge on any atom is 0.0558 e. The average Bonchev–Trinajstić information content (AvgIpc) is 2.39. The van der Waals surface area contributed by atoms with Crippen LogP contribution in [0, 0.1) is 0 Å². The molecule has 1 aromatic rings. The van der Waals surface area contributed by atoms with Crippen molar-refractivity contribution in [2.75, 3.05) is 13.2 Å². The zero-order valence-corrected chi connectivity index (χ0v) is 12.9. The molecule has 1 aliphatic rings. The molecule has 2 atom stereocenters. The summed E-state index contributed by atoms with van der Waals surface area (Å²) in [5.41, 5.74) is 7.58. The van der Waals surface area contributed by atoms with Crippen LogP contribution in [0.2, 0.25) is 5.02 Å². The third kappa shape index (κ3) is 3.53. The van der Waals surface area contributed by atoms with Crippen LogP contribution in [0.25, 0.3) is 0 Å².